The third kappa shape index (κ3) is 6.12. The lowest BCUT2D eigenvalue weighted by Gasteiger charge is -2.24. The van der Waals surface area contributed by atoms with Crippen molar-refractivity contribution in [1.82, 2.24) is 4.90 Å². The minimum atomic E-state index is -3.51. The highest BCUT2D eigenvalue weighted by molar-refractivity contribution is 7.92. The molecule has 0 saturated carbocycles. The number of benzene rings is 2. The Morgan fingerprint density at radius 2 is 1.55 bits per heavy atom. The van der Waals surface area contributed by atoms with Gasteiger partial charge in [-0.3, -0.25) is 9.10 Å². The molecule has 29 heavy (non-hydrogen) atoms. The largest absolute Gasteiger partial charge is 0.496 e. The summed E-state index contributed by atoms with van der Waals surface area (Å²) in [6.07, 6.45) is 1.77. The van der Waals surface area contributed by atoms with Gasteiger partial charge in [-0.05, 0) is 24.6 Å². The average Bonchev–Trinajstić information content (AvgIpc) is 2.70. The van der Waals surface area contributed by atoms with Crippen molar-refractivity contribution in [3.63, 3.8) is 0 Å². The summed E-state index contributed by atoms with van der Waals surface area (Å²) >= 11 is 0. The fraction of sp³-hybridized carbons (Fsp3) is 0.381. The molecule has 8 heteroatoms. The summed E-state index contributed by atoms with van der Waals surface area (Å²) in [7, 11) is 1.30. The monoisotopic (exact) mass is 420 g/mol. The second-order valence-electron chi connectivity index (χ2n) is 6.67. The zero-order valence-corrected chi connectivity index (χ0v) is 18.1. The van der Waals surface area contributed by atoms with Crippen molar-refractivity contribution in [2.45, 2.75) is 19.4 Å². The molecule has 1 amide bonds. The van der Waals surface area contributed by atoms with Crippen molar-refractivity contribution in [1.29, 1.82) is 0 Å². The van der Waals surface area contributed by atoms with Crippen LogP contribution in [0.2, 0.25) is 0 Å². The number of anilines is 1. The van der Waals surface area contributed by atoms with E-state index < -0.39 is 10.0 Å². The third-order valence-corrected chi connectivity index (χ3v) is 5.71. The van der Waals surface area contributed by atoms with Gasteiger partial charge in [-0.1, -0.05) is 30.3 Å². The lowest BCUT2D eigenvalue weighted by atomic mass is 10.2. The maximum absolute atomic E-state index is 12.5. The Kier molecular flexibility index (Phi) is 7.90. The predicted octanol–water partition coefficient (Wildman–Crippen LogP) is 2.91. The number of carbonyl (C=O) groups is 1. The van der Waals surface area contributed by atoms with E-state index in [1.807, 2.05) is 24.3 Å². The highest BCUT2D eigenvalue weighted by atomic mass is 32.2. The van der Waals surface area contributed by atoms with E-state index in [0.29, 0.717) is 24.4 Å². The summed E-state index contributed by atoms with van der Waals surface area (Å²) in [5.74, 6) is 1.13. The molecule has 0 unspecified atom stereocenters. The lowest BCUT2D eigenvalue weighted by molar-refractivity contribution is -0.130. The van der Waals surface area contributed by atoms with E-state index in [1.54, 1.807) is 43.3 Å². The summed E-state index contributed by atoms with van der Waals surface area (Å²) < 4.78 is 36.4. The van der Waals surface area contributed by atoms with Gasteiger partial charge < -0.3 is 14.4 Å². The first-order valence-corrected chi connectivity index (χ1v) is 11.1. The molecule has 0 saturated heterocycles. The lowest BCUT2D eigenvalue weighted by Crippen LogP contribution is -2.32. The molecule has 2 aromatic carbocycles. The maximum Gasteiger partial charge on any atom is 0.232 e. The Labute approximate surface area is 172 Å². The van der Waals surface area contributed by atoms with Crippen LogP contribution in [0.25, 0.3) is 0 Å². The molecule has 0 radical (unpaired) electrons. The van der Waals surface area contributed by atoms with E-state index in [-0.39, 0.29) is 18.9 Å². The highest BCUT2D eigenvalue weighted by Gasteiger charge is 2.21. The minimum absolute atomic E-state index is 0.0654. The van der Waals surface area contributed by atoms with Gasteiger partial charge in [0.05, 0.1) is 26.2 Å². The molecule has 7 nitrogen and oxygen atoms in total. The summed E-state index contributed by atoms with van der Waals surface area (Å²) in [5, 5.41) is 0. The molecule has 0 bridgehead atoms. The Balaban J connectivity index is 2.01. The van der Waals surface area contributed by atoms with Crippen molar-refractivity contribution in [2.75, 3.05) is 38.4 Å². The molecule has 0 heterocycles. The minimum Gasteiger partial charge on any atom is -0.496 e. The Bertz CT molecular complexity index is 930. The van der Waals surface area contributed by atoms with Gasteiger partial charge >= 0.3 is 0 Å². The average molecular weight is 421 g/mol. The molecule has 0 N–H and O–H groups in total. The first-order valence-electron chi connectivity index (χ1n) is 9.24. The number of para-hydroxylation sites is 3. The van der Waals surface area contributed by atoms with Crippen LogP contribution < -0.4 is 13.8 Å². The fourth-order valence-corrected chi connectivity index (χ4v) is 4.01. The van der Waals surface area contributed by atoms with Gasteiger partial charge in [0.15, 0.2) is 0 Å². The molecule has 0 atom stereocenters. The van der Waals surface area contributed by atoms with Crippen LogP contribution in [0, 0.1) is 0 Å². The van der Waals surface area contributed by atoms with Crippen LogP contribution in [-0.4, -0.2) is 53.3 Å². The maximum atomic E-state index is 12.5. The fourth-order valence-electron chi connectivity index (χ4n) is 3.04. The smallest absolute Gasteiger partial charge is 0.232 e. The standard InChI is InChI=1S/C21H28N2O5S/c1-22(16-17-10-5-7-12-19(17)27-2)21(24)14-9-15-23(29(4,25)26)18-11-6-8-13-20(18)28-3/h5-8,10-13H,9,14-16H2,1-4H3. The molecular formula is C21H28N2O5S. The number of carbonyl (C=O) groups excluding carboxylic acids is 1. The Morgan fingerprint density at radius 3 is 2.17 bits per heavy atom. The highest BCUT2D eigenvalue weighted by Crippen LogP contribution is 2.29. The quantitative estimate of drug-likeness (QED) is 0.591. The topological polar surface area (TPSA) is 76.2 Å². The summed E-state index contributed by atoms with van der Waals surface area (Å²) in [6, 6.07) is 14.5. The Morgan fingerprint density at radius 1 is 0.966 bits per heavy atom. The summed E-state index contributed by atoms with van der Waals surface area (Å²) in [4.78, 5) is 14.1. The normalized spacial score (nSPS) is 11.0. The third-order valence-electron chi connectivity index (χ3n) is 4.53. The van der Waals surface area contributed by atoms with Crippen molar-refractivity contribution in [2.24, 2.45) is 0 Å². The molecule has 2 rings (SSSR count). The number of nitrogens with zero attached hydrogens (tertiary/aromatic N) is 2. The second kappa shape index (κ2) is 10.2. The molecule has 0 aliphatic heterocycles. The van der Waals surface area contributed by atoms with E-state index in [9.17, 15) is 13.2 Å². The molecular weight excluding hydrogens is 392 g/mol. The first-order chi connectivity index (χ1) is 13.8. The van der Waals surface area contributed by atoms with E-state index in [4.69, 9.17) is 9.47 Å². The van der Waals surface area contributed by atoms with Gasteiger partial charge in [-0.15, -0.1) is 0 Å². The molecule has 0 spiro atoms. The van der Waals surface area contributed by atoms with Crippen molar-refractivity contribution >= 4 is 21.6 Å². The molecule has 0 aliphatic rings. The number of sulfonamides is 1. The van der Waals surface area contributed by atoms with Crippen LogP contribution in [0.5, 0.6) is 11.5 Å². The van der Waals surface area contributed by atoms with Gasteiger partial charge in [0.1, 0.15) is 11.5 Å². The number of rotatable bonds is 10. The van der Waals surface area contributed by atoms with E-state index >= 15 is 0 Å². The second-order valence-corrected chi connectivity index (χ2v) is 8.58. The van der Waals surface area contributed by atoms with Crippen LogP contribution in [0.4, 0.5) is 5.69 Å². The zero-order chi connectivity index (χ0) is 21.4. The predicted molar refractivity (Wildman–Crippen MR) is 114 cm³/mol. The van der Waals surface area contributed by atoms with Crippen molar-refractivity contribution < 1.29 is 22.7 Å². The molecule has 0 aliphatic carbocycles. The van der Waals surface area contributed by atoms with Gasteiger partial charge in [-0.2, -0.15) is 0 Å². The van der Waals surface area contributed by atoms with E-state index in [0.717, 1.165) is 17.6 Å². The van der Waals surface area contributed by atoms with E-state index in [2.05, 4.69) is 0 Å². The number of hydrogen-bond donors (Lipinski definition) is 0. The van der Waals surface area contributed by atoms with Crippen LogP contribution in [-0.2, 0) is 21.4 Å². The molecule has 158 valence electrons. The van der Waals surface area contributed by atoms with Gasteiger partial charge in [0, 0.05) is 32.1 Å². The van der Waals surface area contributed by atoms with Gasteiger partial charge in [-0.25, -0.2) is 8.42 Å². The summed E-state index contributed by atoms with van der Waals surface area (Å²) in [6.45, 7) is 0.610. The van der Waals surface area contributed by atoms with E-state index in [1.165, 1.54) is 11.4 Å². The van der Waals surface area contributed by atoms with Crippen LogP contribution >= 0.6 is 0 Å². The molecule has 2 aromatic rings. The van der Waals surface area contributed by atoms with Crippen molar-refractivity contribution in [3.05, 3.63) is 54.1 Å². The number of ether oxygens (including phenoxy) is 2. The zero-order valence-electron chi connectivity index (χ0n) is 17.3. The van der Waals surface area contributed by atoms with Gasteiger partial charge in [0.25, 0.3) is 0 Å². The SMILES string of the molecule is COc1ccccc1CN(C)C(=O)CCCN(c1ccccc1OC)S(C)(=O)=O. The first kappa shape index (κ1) is 22.5. The van der Waals surface area contributed by atoms with Gasteiger partial charge in [0.2, 0.25) is 15.9 Å². The number of amides is 1. The Hall–Kier alpha value is -2.74. The van der Waals surface area contributed by atoms with Crippen LogP contribution in [0.3, 0.4) is 0 Å². The number of methoxy groups -OCH3 is 2. The van der Waals surface area contributed by atoms with Crippen molar-refractivity contribution in [3.8, 4) is 11.5 Å². The molecule has 0 aromatic heterocycles. The van der Waals surface area contributed by atoms with Crippen LogP contribution in [0.1, 0.15) is 18.4 Å². The molecule has 0 fully saturated rings. The number of hydrogen-bond acceptors (Lipinski definition) is 5. The summed E-state index contributed by atoms with van der Waals surface area (Å²) in [5.41, 5.74) is 1.38. The van der Waals surface area contributed by atoms with Crippen LogP contribution in [0.15, 0.2) is 48.5 Å².